The van der Waals surface area contributed by atoms with Gasteiger partial charge >= 0.3 is 0 Å². The van der Waals surface area contributed by atoms with E-state index < -0.39 is 0 Å². The molecule has 1 aliphatic heterocycles. The molecule has 0 saturated carbocycles. The van der Waals surface area contributed by atoms with E-state index in [2.05, 4.69) is 25.4 Å². The zero-order chi connectivity index (χ0) is 18.5. The number of anilines is 3. The summed E-state index contributed by atoms with van der Waals surface area (Å²) in [6, 6.07) is 13.3. The molecule has 4 heterocycles. The number of nitrogens with one attached hydrogen (secondary N) is 1. The van der Waals surface area contributed by atoms with E-state index in [0.717, 1.165) is 24.7 Å². The molecule has 0 radical (unpaired) electrons. The minimum Gasteiger partial charge on any atom is -0.352 e. The Balaban J connectivity index is 1.31. The molecule has 0 spiro atoms. The third-order valence-corrected chi connectivity index (χ3v) is 4.51. The van der Waals surface area contributed by atoms with Crippen LogP contribution in [0.1, 0.15) is 0 Å². The first kappa shape index (κ1) is 17.0. The molecule has 0 aliphatic carbocycles. The van der Waals surface area contributed by atoms with Crippen LogP contribution in [-0.4, -0.2) is 56.7 Å². The molecule has 1 saturated heterocycles. The van der Waals surface area contributed by atoms with E-state index in [1.165, 1.54) is 0 Å². The van der Waals surface area contributed by atoms with Gasteiger partial charge in [0.2, 0.25) is 5.91 Å². The van der Waals surface area contributed by atoms with E-state index in [1.54, 1.807) is 6.20 Å². The predicted molar refractivity (Wildman–Crippen MR) is 103 cm³/mol. The van der Waals surface area contributed by atoms with Crippen LogP contribution in [0.4, 0.5) is 17.5 Å². The lowest BCUT2D eigenvalue weighted by atomic mass is 10.3. The van der Waals surface area contributed by atoms with Gasteiger partial charge in [-0.3, -0.25) is 4.79 Å². The molecule has 27 heavy (non-hydrogen) atoms. The number of piperazine rings is 1. The number of carbonyl (C=O) groups excluding carboxylic acids is 1. The summed E-state index contributed by atoms with van der Waals surface area (Å²) in [5, 5.41) is 11.7. The summed E-state index contributed by atoms with van der Waals surface area (Å²) in [6.07, 6.45) is 5.54. The van der Waals surface area contributed by atoms with E-state index in [4.69, 9.17) is 0 Å². The maximum Gasteiger partial charge on any atom is 0.242 e. The Kier molecular flexibility index (Phi) is 4.95. The molecular weight excluding hydrogens is 342 g/mol. The standard InChI is InChI=1S/C19H21N7O/c27-19(15-24-9-3-4-10-24)26-13-11-25(12-14-26)18-7-6-17(22-23-18)21-16-5-1-2-8-20-16/h1-10H,11-15H2,(H,20,21,22). The molecule has 8 nitrogen and oxygen atoms in total. The van der Waals surface area contributed by atoms with E-state index in [1.807, 2.05) is 64.3 Å². The van der Waals surface area contributed by atoms with Crippen molar-refractivity contribution >= 4 is 23.4 Å². The largest absolute Gasteiger partial charge is 0.352 e. The molecule has 8 heteroatoms. The Morgan fingerprint density at radius 3 is 2.41 bits per heavy atom. The van der Waals surface area contributed by atoms with Crippen LogP contribution in [0.25, 0.3) is 0 Å². The van der Waals surface area contributed by atoms with Gasteiger partial charge in [-0.05, 0) is 36.4 Å². The third kappa shape index (κ3) is 4.22. The fourth-order valence-corrected chi connectivity index (χ4v) is 3.05. The highest BCUT2D eigenvalue weighted by Crippen LogP contribution is 2.16. The van der Waals surface area contributed by atoms with Crippen molar-refractivity contribution in [2.75, 3.05) is 36.4 Å². The number of rotatable bonds is 5. The first-order chi connectivity index (χ1) is 13.3. The van der Waals surface area contributed by atoms with Gasteiger partial charge in [-0.25, -0.2) is 4.98 Å². The van der Waals surface area contributed by atoms with Crippen LogP contribution in [-0.2, 0) is 11.3 Å². The molecule has 3 aromatic rings. The first-order valence-corrected chi connectivity index (χ1v) is 8.93. The first-order valence-electron chi connectivity index (χ1n) is 8.93. The summed E-state index contributed by atoms with van der Waals surface area (Å²) in [4.78, 5) is 20.6. The Labute approximate surface area is 157 Å². The summed E-state index contributed by atoms with van der Waals surface area (Å²) in [5.41, 5.74) is 0. The zero-order valence-corrected chi connectivity index (χ0v) is 14.9. The quantitative estimate of drug-likeness (QED) is 0.744. The average molecular weight is 363 g/mol. The number of carbonyl (C=O) groups is 1. The molecule has 1 aliphatic rings. The Morgan fingerprint density at radius 1 is 0.926 bits per heavy atom. The minimum absolute atomic E-state index is 0.145. The van der Waals surface area contributed by atoms with Crippen molar-refractivity contribution < 1.29 is 4.79 Å². The molecular formula is C19H21N7O. The number of nitrogens with zero attached hydrogens (tertiary/aromatic N) is 6. The SMILES string of the molecule is O=C(Cn1cccc1)N1CCN(c2ccc(Nc3ccccn3)nn2)CC1. The van der Waals surface area contributed by atoms with Crippen molar-refractivity contribution in [3.8, 4) is 0 Å². The highest BCUT2D eigenvalue weighted by atomic mass is 16.2. The number of pyridine rings is 1. The smallest absolute Gasteiger partial charge is 0.242 e. The fourth-order valence-electron chi connectivity index (χ4n) is 3.05. The maximum atomic E-state index is 12.4. The van der Waals surface area contributed by atoms with E-state index in [0.29, 0.717) is 25.5 Å². The van der Waals surface area contributed by atoms with Crippen molar-refractivity contribution in [3.63, 3.8) is 0 Å². The van der Waals surface area contributed by atoms with Gasteiger partial charge in [0.05, 0.1) is 0 Å². The second kappa shape index (κ2) is 7.86. The Hall–Kier alpha value is -3.42. The lowest BCUT2D eigenvalue weighted by Gasteiger charge is -2.35. The monoisotopic (exact) mass is 363 g/mol. The topological polar surface area (TPSA) is 79.2 Å². The lowest BCUT2D eigenvalue weighted by molar-refractivity contribution is -0.132. The second-order valence-electron chi connectivity index (χ2n) is 6.34. The van der Waals surface area contributed by atoms with Gasteiger partial charge in [0.15, 0.2) is 11.6 Å². The van der Waals surface area contributed by atoms with Crippen LogP contribution in [0.3, 0.4) is 0 Å². The van der Waals surface area contributed by atoms with Gasteiger partial charge in [0.1, 0.15) is 12.4 Å². The summed E-state index contributed by atoms with van der Waals surface area (Å²) in [5.74, 6) is 2.35. The summed E-state index contributed by atoms with van der Waals surface area (Å²) >= 11 is 0. The minimum atomic E-state index is 0.145. The van der Waals surface area contributed by atoms with Crippen molar-refractivity contribution in [3.05, 3.63) is 61.1 Å². The maximum absolute atomic E-state index is 12.4. The van der Waals surface area contributed by atoms with Gasteiger partial charge in [-0.15, -0.1) is 10.2 Å². The average Bonchev–Trinajstić information content (AvgIpc) is 3.22. The van der Waals surface area contributed by atoms with Crippen LogP contribution < -0.4 is 10.2 Å². The highest BCUT2D eigenvalue weighted by Gasteiger charge is 2.22. The van der Waals surface area contributed by atoms with Crippen LogP contribution in [0.2, 0.25) is 0 Å². The molecule has 138 valence electrons. The van der Waals surface area contributed by atoms with Crippen molar-refractivity contribution in [2.24, 2.45) is 0 Å². The van der Waals surface area contributed by atoms with Crippen LogP contribution in [0, 0.1) is 0 Å². The van der Waals surface area contributed by atoms with Crippen molar-refractivity contribution in [1.82, 2.24) is 24.6 Å². The second-order valence-corrected chi connectivity index (χ2v) is 6.34. The fraction of sp³-hybridized carbons (Fsp3) is 0.263. The molecule has 1 N–H and O–H groups in total. The Bertz CT molecular complexity index is 857. The Morgan fingerprint density at radius 2 is 1.74 bits per heavy atom. The molecule has 3 aromatic heterocycles. The van der Waals surface area contributed by atoms with Crippen molar-refractivity contribution in [2.45, 2.75) is 6.54 Å². The molecule has 0 atom stereocenters. The summed E-state index contributed by atoms with van der Waals surface area (Å²) in [7, 11) is 0. The normalized spacial score (nSPS) is 14.2. The third-order valence-electron chi connectivity index (χ3n) is 4.51. The molecule has 0 unspecified atom stereocenters. The van der Waals surface area contributed by atoms with Gasteiger partial charge in [-0.1, -0.05) is 6.07 Å². The van der Waals surface area contributed by atoms with E-state index in [-0.39, 0.29) is 5.91 Å². The van der Waals surface area contributed by atoms with Crippen LogP contribution in [0.15, 0.2) is 61.1 Å². The summed E-state index contributed by atoms with van der Waals surface area (Å²) in [6.45, 7) is 3.27. The molecule has 0 bridgehead atoms. The number of hydrogen-bond donors (Lipinski definition) is 1. The van der Waals surface area contributed by atoms with Gasteiger partial charge < -0.3 is 19.7 Å². The number of amides is 1. The van der Waals surface area contributed by atoms with Crippen molar-refractivity contribution in [1.29, 1.82) is 0 Å². The lowest BCUT2D eigenvalue weighted by Crippen LogP contribution is -2.49. The highest BCUT2D eigenvalue weighted by molar-refractivity contribution is 5.76. The van der Waals surface area contributed by atoms with Gasteiger partial charge in [0.25, 0.3) is 0 Å². The predicted octanol–water partition coefficient (Wildman–Crippen LogP) is 1.77. The number of aromatic nitrogens is 4. The molecule has 1 fully saturated rings. The molecule has 1 amide bonds. The van der Waals surface area contributed by atoms with E-state index in [9.17, 15) is 4.79 Å². The summed E-state index contributed by atoms with van der Waals surface area (Å²) < 4.78 is 1.90. The van der Waals surface area contributed by atoms with Gasteiger partial charge in [-0.2, -0.15) is 0 Å². The zero-order valence-electron chi connectivity index (χ0n) is 14.9. The molecule has 4 rings (SSSR count). The van der Waals surface area contributed by atoms with Crippen LogP contribution >= 0.6 is 0 Å². The molecule has 0 aromatic carbocycles. The van der Waals surface area contributed by atoms with Crippen LogP contribution in [0.5, 0.6) is 0 Å². The number of hydrogen-bond acceptors (Lipinski definition) is 6. The van der Waals surface area contributed by atoms with Gasteiger partial charge in [0, 0.05) is 44.8 Å². The van der Waals surface area contributed by atoms with E-state index >= 15 is 0 Å².